The van der Waals surface area contributed by atoms with Gasteiger partial charge in [0.2, 0.25) is 0 Å². The number of hydrogen-bond donors (Lipinski definition) is 1. The molecular formula is C28H29ClN2O. The van der Waals surface area contributed by atoms with Gasteiger partial charge in [-0.25, -0.2) is 0 Å². The summed E-state index contributed by atoms with van der Waals surface area (Å²) in [6, 6.07) is 31.0. The van der Waals surface area contributed by atoms with Crippen molar-refractivity contribution in [1.29, 1.82) is 5.26 Å². The van der Waals surface area contributed by atoms with Crippen LogP contribution in [0.2, 0.25) is 5.02 Å². The molecule has 4 heteroatoms. The van der Waals surface area contributed by atoms with Crippen molar-refractivity contribution in [2.75, 3.05) is 13.1 Å². The molecule has 2 unspecified atom stereocenters. The highest BCUT2D eigenvalue weighted by molar-refractivity contribution is 6.30. The number of halogens is 1. The van der Waals surface area contributed by atoms with Crippen LogP contribution < -0.4 is 0 Å². The van der Waals surface area contributed by atoms with Crippen molar-refractivity contribution in [1.82, 2.24) is 4.90 Å². The highest BCUT2D eigenvalue weighted by Crippen LogP contribution is 2.38. The average molecular weight is 445 g/mol. The predicted molar refractivity (Wildman–Crippen MR) is 130 cm³/mol. The van der Waals surface area contributed by atoms with E-state index in [9.17, 15) is 10.4 Å². The molecule has 3 nitrogen and oxygen atoms in total. The summed E-state index contributed by atoms with van der Waals surface area (Å²) in [5, 5.41) is 21.4. The molecule has 4 rings (SSSR count). The largest absolute Gasteiger partial charge is 0.393 e. The number of likely N-dealkylation sites (tertiary alicyclic amines) is 1. The van der Waals surface area contributed by atoms with Crippen molar-refractivity contribution in [2.24, 2.45) is 0 Å². The molecule has 0 radical (unpaired) electrons. The zero-order valence-corrected chi connectivity index (χ0v) is 19.0. The number of aliphatic hydroxyl groups is 1. The summed E-state index contributed by atoms with van der Waals surface area (Å²) in [4.78, 5) is 2.45. The van der Waals surface area contributed by atoms with Gasteiger partial charge in [-0.3, -0.25) is 4.90 Å². The molecule has 0 saturated carbocycles. The van der Waals surface area contributed by atoms with Crippen LogP contribution in [-0.4, -0.2) is 29.2 Å². The first-order chi connectivity index (χ1) is 15.6. The molecule has 1 heterocycles. The highest BCUT2D eigenvalue weighted by Gasteiger charge is 2.35. The zero-order chi connectivity index (χ0) is 22.4. The summed E-state index contributed by atoms with van der Waals surface area (Å²) < 4.78 is 0. The van der Waals surface area contributed by atoms with Gasteiger partial charge in [0.25, 0.3) is 0 Å². The second kappa shape index (κ2) is 10.3. The van der Waals surface area contributed by atoms with E-state index in [1.807, 2.05) is 48.5 Å². The van der Waals surface area contributed by atoms with Gasteiger partial charge >= 0.3 is 0 Å². The first kappa shape index (κ1) is 22.6. The van der Waals surface area contributed by atoms with E-state index in [2.05, 4.69) is 47.4 Å². The molecule has 1 aliphatic rings. The minimum Gasteiger partial charge on any atom is -0.393 e. The minimum absolute atomic E-state index is 0.168. The maximum absolute atomic E-state index is 10.4. The Labute approximate surface area is 195 Å². The van der Waals surface area contributed by atoms with Crippen molar-refractivity contribution in [2.45, 2.75) is 43.2 Å². The highest BCUT2D eigenvalue weighted by atomic mass is 35.5. The molecule has 0 aliphatic carbocycles. The van der Waals surface area contributed by atoms with Crippen LogP contribution in [-0.2, 0) is 5.41 Å². The van der Waals surface area contributed by atoms with Crippen molar-refractivity contribution in [3.63, 3.8) is 0 Å². The number of nitriles is 1. The van der Waals surface area contributed by atoms with Gasteiger partial charge in [-0.05, 0) is 61.1 Å². The van der Waals surface area contributed by atoms with Crippen LogP contribution in [0.25, 0.3) is 0 Å². The topological polar surface area (TPSA) is 47.3 Å². The Hall–Kier alpha value is -2.64. The molecule has 164 valence electrons. The van der Waals surface area contributed by atoms with E-state index in [4.69, 9.17) is 11.6 Å². The van der Waals surface area contributed by atoms with Gasteiger partial charge in [-0.15, -0.1) is 0 Å². The maximum Gasteiger partial charge on any atom is 0.107 e. The molecule has 0 bridgehead atoms. The molecule has 32 heavy (non-hydrogen) atoms. The fourth-order valence-corrected chi connectivity index (χ4v) is 5.05. The Bertz CT molecular complexity index is 991. The monoisotopic (exact) mass is 444 g/mol. The second-order valence-corrected chi connectivity index (χ2v) is 9.07. The number of hydrogen-bond acceptors (Lipinski definition) is 3. The Morgan fingerprint density at radius 1 is 0.938 bits per heavy atom. The van der Waals surface area contributed by atoms with Crippen molar-refractivity contribution in [3.8, 4) is 6.07 Å². The molecule has 1 fully saturated rings. The summed E-state index contributed by atoms with van der Waals surface area (Å²) in [5.41, 5.74) is 2.59. The first-order valence-electron chi connectivity index (χ1n) is 11.3. The fraction of sp³-hybridized carbons (Fsp3) is 0.321. The third kappa shape index (κ3) is 4.89. The van der Waals surface area contributed by atoms with Gasteiger partial charge in [0.05, 0.1) is 12.2 Å². The van der Waals surface area contributed by atoms with Gasteiger partial charge in [0.1, 0.15) is 5.41 Å². The lowest BCUT2D eigenvalue weighted by molar-refractivity contribution is 0.0395. The van der Waals surface area contributed by atoms with E-state index in [-0.39, 0.29) is 12.1 Å². The summed E-state index contributed by atoms with van der Waals surface area (Å²) in [6.07, 6.45) is 2.85. The van der Waals surface area contributed by atoms with Gasteiger partial charge in [0, 0.05) is 17.6 Å². The lowest BCUT2D eigenvalue weighted by atomic mass is 9.72. The summed E-state index contributed by atoms with van der Waals surface area (Å²) in [7, 11) is 0. The van der Waals surface area contributed by atoms with Gasteiger partial charge < -0.3 is 5.11 Å². The molecular weight excluding hydrogens is 416 g/mol. The molecule has 0 aromatic heterocycles. The van der Waals surface area contributed by atoms with Crippen LogP contribution in [0.1, 0.15) is 48.4 Å². The Kier molecular flexibility index (Phi) is 7.27. The molecule has 3 aromatic rings. The molecule has 3 aromatic carbocycles. The number of nitrogens with zero attached hydrogens (tertiary/aromatic N) is 2. The Morgan fingerprint density at radius 2 is 1.53 bits per heavy atom. The second-order valence-electron chi connectivity index (χ2n) is 8.63. The number of benzene rings is 3. The normalized spacial score (nSPS) is 19.4. The summed E-state index contributed by atoms with van der Waals surface area (Å²) in [6.45, 7) is 1.73. The third-order valence-electron chi connectivity index (χ3n) is 6.66. The van der Waals surface area contributed by atoms with E-state index in [0.29, 0.717) is 0 Å². The molecule has 1 aliphatic heterocycles. The van der Waals surface area contributed by atoms with E-state index in [0.717, 1.165) is 54.9 Å². The molecule has 1 saturated heterocycles. The third-order valence-corrected chi connectivity index (χ3v) is 6.91. The van der Waals surface area contributed by atoms with Crippen LogP contribution in [0.4, 0.5) is 0 Å². The SMILES string of the molecule is N#CC(CCCN1CCC(O)CC1c1ccc(Cl)cc1)(c1ccccc1)c1ccccc1. The average Bonchev–Trinajstić information content (AvgIpc) is 2.84. The number of piperidine rings is 1. The quantitative estimate of drug-likeness (QED) is 0.477. The minimum atomic E-state index is -0.673. The van der Waals surface area contributed by atoms with Crippen LogP contribution in [0.15, 0.2) is 84.9 Å². The van der Waals surface area contributed by atoms with Crippen LogP contribution in [0.5, 0.6) is 0 Å². The van der Waals surface area contributed by atoms with Gasteiger partial charge in [-0.1, -0.05) is 84.4 Å². The Morgan fingerprint density at radius 3 is 2.09 bits per heavy atom. The van der Waals surface area contributed by atoms with E-state index in [1.165, 1.54) is 5.56 Å². The van der Waals surface area contributed by atoms with Crippen LogP contribution in [0.3, 0.4) is 0 Å². The predicted octanol–water partition coefficient (Wildman–Crippen LogP) is 6.13. The van der Waals surface area contributed by atoms with Crippen molar-refractivity contribution < 1.29 is 5.11 Å². The summed E-state index contributed by atoms with van der Waals surface area (Å²) >= 11 is 6.09. The molecule has 0 amide bonds. The summed E-state index contributed by atoms with van der Waals surface area (Å²) in [5.74, 6) is 0. The Balaban J connectivity index is 1.54. The number of rotatable bonds is 7. The van der Waals surface area contributed by atoms with E-state index < -0.39 is 5.41 Å². The van der Waals surface area contributed by atoms with Gasteiger partial charge in [-0.2, -0.15) is 5.26 Å². The van der Waals surface area contributed by atoms with Gasteiger partial charge in [0.15, 0.2) is 0 Å². The zero-order valence-electron chi connectivity index (χ0n) is 18.2. The maximum atomic E-state index is 10.4. The molecule has 1 N–H and O–H groups in total. The lowest BCUT2D eigenvalue weighted by Crippen LogP contribution is -2.40. The molecule has 2 atom stereocenters. The fourth-order valence-electron chi connectivity index (χ4n) is 4.93. The van der Waals surface area contributed by atoms with Crippen molar-refractivity contribution >= 4 is 11.6 Å². The lowest BCUT2D eigenvalue weighted by Gasteiger charge is -2.39. The number of aliphatic hydroxyl groups excluding tert-OH is 1. The first-order valence-corrected chi connectivity index (χ1v) is 11.7. The van der Waals surface area contributed by atoms with Crippen LogP contribution in [0, 0.1) is 11.3 Å². The van der Waals surface area contributed by atoms with E-state index >= 15 is 0 Å². The van der Waals surface area contributed by atoms with E-state index in [1.54, 1.807) is 0 Å². The van der Waals surface area contributed by atoms with Crippen molar-refractivity contribution in [3.05, 3.63) is 107 Å². The van der Waals surface area contributed by atoms with Crippen LogP contribution >= 0.6 is 11.6 Å². The standard InChI is InChI=1S/C28H29ClN2O/c29-25-14-12-22(13-15-25)27-20-26(32)16-19-31(27)18-7-17-28(21-30,23-8-3-1-4-9-23)24-10-5-2-6-11-24/h1-6,8-15,26-27,32H,7,16-20H2. The molecule has 0 spiro atoms. The smallest absolute Gasteiger partial charge is 0.107 e.